The van der Waals surface area contributed by atoms with Gasteiger partial charge in [-0.05, 0) is 103 Å². The lowest BCUT2D eigenvalue weighted by atomic mass is 9.85. The van der Waals surface area contributed by atoms with Gasteiger partial charge in [-0.3, -0.25) is 9.56 Å². The fraction of sp³-hybridized carbons (Fsp3) is 0.487. The predicted molar refractivity (Wildman–Crippen MR) is 212 cm³/mol. The normalized spacial score (nSPS) is 13.2. The molecule has 0 spiro atoms. The smallest absolute Gasteiger partial charge is 0.446 e. The Balaban J connectivity index is 0.000000322. The van der Waals surface area contributed by atoms with Crippen molar-refractivity contribution in [2.45, 2.75) is 107 Å². The van der Waals surface area contributed by atoms with E-state index in [0.717, 1.165) is 41.5 Å². The molecule has 0 fully saturated rings. The Morgan fingerprint density at radius 1 is 1.02 bits per heavy atom. The fourth-order valence-corrected chi connectivity index (χ4v) is 6.12. The minimum Gasteiger partial charge on any atom is -0.468 e. The first-order valence-electron chi connectivity index (χ1n) is 17.8. The molecule has 4 rings (SSSR count). The molecule has 8 N–H and O–H groups in total. The number of ether oxygens (including phenoxy) is 1. The number of nitrogens with two attached hydrogens (primary N) is 3. The third-order valence-corrected chi connectivity index (χ3v) is 9.13. The van der Waals surface area contributed by atoms with Crippen LogP contribution < -0.4 is 28.2 Å². The highest BCUT2D eigenvalue weighted by Crippen LogP contribution is 2.39. The van der Waals surface area contributed by atoms with Crippen molar-refractivity contribution in [3.63, 3.8) is 0 Å². The molecule has 2 heterocycles. The van der Waals surface area contributed by atoms with Crippen molar-refractivity contribution in [2.24, 2.45) is 22.2 Å². The van der Waals surface area contributed by atoms with Crippen molar-refractivity contribution in [3.05, 3.63) is 87.6 Å². The number of carbonyl (C=O) groups is 1. The van der Waals surface area contributed by atoms with E-state index in [1.807, 2.05) is 39.8 Å². The van der Waals surface area contributed by atoms with E-state index in [-0.39, 0.29) is 45.2 Å². The van der Waals surface area contributed by atoms with E-state index in [1.165, 1.54) is 11.7 Å². The van der Waals surface area contributed by atoms with Crippen LogP contribution in [-0.4, -0.2) is 58.2 Å². The van der Waals surface area contributed by atoms with Crippen molar-refractivity contribution >= 4 is 34.7 Å². The van der Waals surface area contributed by atoms with Crippen molar-refractivity contribution in [1.29, 1.82) is 0 Å². The van der Waals surface area contributed by atoms with Crippen molar-refractivity contribution in [2.75, 3.05) is 20.2 Å². The monoisotopic (exact) mass is 772 g/mol. The highest BCUT2D eigenvalue weighted by Gasteiger charge is 2.30. The molecule has 0 amide bonds. The lowest BCUT2D eigenvalue weighted by Gasteiger charge is -2.21. The predicted octanol–water partition coefficient (Wildman–Crippen LogP) is 6.74. The number of benzene rings is 2. The molecule has 0 aliphatic carbocycles. The first-order chi connectivity index (χ1) is 25.1. The van der Waals surface area contributed by atoms with Gasteiger partial charge in [0.05, 0.1) is 12.8 Å². The maximum absolute atomic E-state index is 12.6. The third kappa shape index (κ3) is 13.8. The van der Waals surface area contributed by atoms with Gasteiger partial charge in [-0.15, -0.1) is 0 Å². The zero-order chi connectivity index (χ0) is 40.4. The summed E-state index contributed by atoms with van der Waals surface area (Å²) in [6, 6.07) is 13.9. The van der Waals surface area contributed by atoms with Gasteiger partial charge < -0.3 is 32.2 Å². The molecule has 15 heteroatoms. The fourth-order valence-electron chi connectivity index (χ4n) is 5.46. The summed E-state index contributed by atoms with van der Waals surface area (Å²) in [7, 11) is 1.34. The van der Waals surface area contributed by atoms with Crippen LogP contribution in [0, 0.1) is 0 Å². The van der Waals surface area contributed by atoms with Gasteiger partial charge >= 0.3 is 17.2 Å². The number of aryl methyl sites for hydroxylation is 1. The number of esters is 1. The number of H-pyrrole nitrogens is 1. The minimum atomic E-state index is -4.25. The average Bonchev–Trinajstić information content (AvgIpc) is 3.48. The molecule has 0 unspecified atom stereocenters. The summed E-state index contributed by atoms with van der Waals surface area (Å²) < 4.78 is 44.2. The standard InChI is InChI=1S/C23H31N7O3.C16H24F3NS/c1-23(2,3)17-12-15-13-30(22(32)29-19(15)28-17)16-8-6-14(7-9-16)18(20(31)33-4)26-10-5-11-27-21(24)25;1-11(20)6-5-7-12-8-13(15(2,3)4)10-14(9-12)21-16(17,18)19/h6-9,12-13,18,26H,5,10-11H2,1-4H3,(H4,24,25,27)(H,28,29,32);8-11H,5-7,20H2,1-4H3/t18-;11-/m10/s1. The lowest BCUT2D eigenvalue weighted by molar-refractivity contribution is -0.143. The molecule has 296 valence electrons. The van der Waals surface area contributed by atoms with Gasteiger partial charge in [-0.25, -0.2) is 9.59 Å². The van der Waals surface area contributed by atoms with Gasteiger partial charge in [0.2, 0.25) is 0 Å². The molecular formula is C39H55F3N8O3S. The van der Waals surface area contributed by atoms with E-state index < -0.39 is 17.5 Å². The molecule has 0 saturated carbocycles. The minimum absolute atomic E-state index is 0.0345. The summed E-state index contributed by atoms with van der Waals surface area (Å²) in [5, 5.41) is 4.01. The Hall–Kier alpha value is -4.34. The van der Waals surface area contributed by atoms with Gasteiger partial charge in [0, 0.05) is 40.2 Å². The van der Waals surface area contributed by atoms with Crippen LogP contribution in [0.15, 0.2) is 69.4 Å². The molecule has 0 saturated heterocycles. The van der Waals surface area contributed by atoms with Crippen LogP contribution in [0.1, 0.15) is 96.2 Å². The number of nitrogens with one attached hydrogen (secondary N) is 2. The zero-order valence-corrected chi connectivity index (χ0v) is 33.3. The number of guanidine groups is 1. The quantitative estimate of drug-likeness (QED) is 0.0323. The number of aromatic nitrogens is 3. The maximum Gasteiger partial charge on any atom is 0.446 e. The molecule has 0 radical (unpaired) electrons. The number of carbonyl (C=O) groups excluding carboxylic acids is 1. The Labute approximate surface area is 319 Å². The zero-order valence-electron chi connectivity index (χ0n) is 32.4. The second-order valence-corrected chi connectivity index (χ2v) is 16.5. The Kier molecular flexibility index (Phi) is 15.3. The summed E-state index contributed by atoms with van der Waals surface area (Å²) in [4.78, 5) is 36.5. The second kappa shape index (κ2) is 18.8. The highest BCUT2D eigenvalue weighted by molar-refractivity contribution is 8.00. The summed E-state index contributed by atoms with van der Waals surface area (Å²) in [6.45, 7) is 15.2. The first-order valence-corrected chi connectivity index (χ1v) is 18.6. The van der Waals surface area contributed by atoms with Crippen molar-refractivity contribution in [1.82, 2.24) is 19.9 Å². The number of alkyl halides is 3. The molecule has 0 bridgehead atoms. The number of fused-ring (bicyclic) bond motifs is 1. The topological polar surface area (TPSA) is 179 Å². The number of aliphatic imine (C=N–C) groups is 1. The number of thioether (sulfide) groups is 1. The van der Waals surface area contributed by atoms with Crippen LogP contribution in [0.2, 0.25) is 0 Å². The molecule has 11 nitrogen and oxygen atoms in total. The summed E-state index contributed by atoms with van der Waals surface area (Å²) in [5.41, 5.74) is 16.3. The summed E-state index contributed by atoms with van der Waals surface area (Å²) >= 11 is -0.0397. The third-order valence-electron chi connectivity index (χ3n) is 8.43. The maximum atomic E-state index is 12.6. The largest absolute Gasteiger partial charge is 0.468 e. The molecule has 2 atom stereocenters. The van der Waals surface area contributed by atoms with Crippen molar-refractivity contribution in [3.8, 4) is 5.69 Å². The average molecular weight is 773 g/mol. The van der Waals surface area contributed by atoms with Gasteiger partial charge in [0.1, 0.15) is 11.7 Å². The highest BCUT2D eigenvalue weighted by atomic mass is 32.2. The van der Waals surface area contributed by atoms with Gasteiger partial charge in [-0.1, -0.05) is 59.7 Å². The molecule has 54 heavy (non-hydrogen) atoms. The van der Waals surface area contributed by atoms with Crippen LogP contribution in [0.4, 0.5) is 13.2 Å². The van der Waals surface area contributed by atoms with E-state index >= 15 is 0 Å². The van der Waals surface area contributed by atoms with Gasteiger partial charge in [0.15, 0.2) is 5.96 Å². The molecule has 0 aliphatic heterocycles. The van der Waals surface area contributed by atoms with Crippen LogP contribution in [0.5, 0.6) is 0 Å². The molecule has 2 aromatic carbocycles. The Morgan fingerprint density at radius 3 is 2.24 bits per heavy atom. The van der Waals surface area contributed by atoms with Crippen LogP contribution in [-0.2, 0) is 26.8 Å². The van der Waals surface area contributed by atoms with E-state index in [4.69, 9.17) is 21.9 Å². The number of hydrogen-bond acceptors (Lipinski definition) is 8. The van der Waals surface area contributed by atoms with E-state index in [9.17, 15) is 22.8 Å². The SMILES string of the molecule is COC(=O)[C@H](NCCCN=C(N)N)c1ccc(-n2cc3cc(C(C)(C)C)[nH]c3nc2=O)cc1.C[C@H](N)CCCc1cc(SC(F)(F)F)cc(C(C)(C)C)c1. The van der Waals surface area contributed by atoms with E-state index in [1.54, 1.807) is 42.6 Å². The van der Waals surface area contributed by atoms with Gasteiger partial charge in [-0.2, -0.15) is 18.2 Å². The van der Waals surface area contributed by atoms with E-state index in [2.05, 4.69) is 41.0 Å². The number of hydrogen-bond donors (Lipinski definition) is 5. The number of rotatable bonds is 13. The number of nitrogens with zero attached hydrogens (tertiary/aromatic N) is 3. The van der Waals surface area contributed by atoms with Crippen LogP contribution in [0.3, 0.4) is 0 Å². The summed E-state index contributed by atoms with van der Waals surface area (Å²) in [5.74, 6) is -0.376. The Bertz CT molecular complexity index is 1920. The van der Waals surface area contributed by atoms with Crippen LogP contribution >= 0.6 is 11.8 Å². The molecular weight excluding hydrogens is 718 g/mol. The van der Waals surface area contributed by atoms with Gasteiger partial charge in [0.25, 0.3) is 0 Å². The molecule has 2 aromatic heterocycles. The van der Waals surface area contributed by atoms with E-state index in [0.29, 0.717) is 36.4 Å². The van der Waals surface area contributed by atoms with Crippen molar-refractivity contribution < 1.29 is 22.7 Å². The molecule has 4 aromatic rings. The van der Waals surface area contributed by atoms with Crippen LogP contribution in [0.25, 0.3) is 16.7 Å². The number of methoxy groups -OCH3 is 1. The second-order valence-electron chi connectivity index (χ2n) is 15.3. The lowest BCUT2D eigenvalue weighted by Crippen LogP contribution is -2.31. The number of aromatic amines is 1. The Morgan fingerprint density at radius 2 is 1.69 bits per heavy atom. The number of halogens is 3. The first kappa shape index (κ1) is 44.1. The summed E-state index contributed by atoms with van der Waals surface area (Å²) in [6.07, 6.45) is 4.95. The molecule has 0 aliphatic rings.